The molecule has 1 aromatic heterocycles. The van der Waals surface area contributed by atoms with Crippen LogP contribution in [0.3, 0.4) is 0 Å². The van der Waals surface area contributed by atoms with Gasteiger partial charge in [0.2, 0.25) is 5.78 Å². The molecule has 4 heteroatoms. The van der Waals surface area contributed by atoms with Crippen LogP contribution in [0.5, 0.6) is 0 Å². The second-order valence-electron chi connectivity index (χ2n) is 3.46. The number of carbonyl (C=O) groups is 1. The number of hydrogen-bond acceptors (Lipinski definition) is 3. The van der Waals surface area contributed by atoms with Crippen molar-refractivity contribution in [1.29, 1.82) is 0 Å². The van der Waals surface area contributed by atoms with E-state index in [0.29, 0.717) is 12.4 Å². The van der Waals surface area contributed by atoms with Crippen molar-refractivity contribution in [3.8, 4) is 0 Å². The minimum atomic E-state index is -0.346. The minimum absolute atomic E-state index is 0.0220. The van der Waals surface area contributed by atoms with Crippen molar-refractivity contribution in [3.63, 3.8) is 0 Å². The number of imidazole rings is 1. The predicted molar refractivity (Wildman–Crippen MR) is 57.9 cm³/mol. The zero-order valence-corrected chi connectivity index (χ0v) is 9.56. The van der Waals surface area contributed by atoms with Crippen LogP contribution in [0, 0.1) is 0 Å². The van der Waals surface area contributed by atoms with Crippen LogP contribution < -0.4 is 0 Å². The Morgan fingerprint density at radius 3 is 2.80 bits per heavy atom. The first-order valence-corrected chi connectivity index (χ1v) is 5.33. The largest absolute Gasteiger partial charge is 0.370 e. The van der Waals surface area contributed by atoms with Gasteiger partial charge in [0, 0.05) is 26.0 Å². The molecule has 1 unspecified atom stereocenters. The fourth-order valence-electron chi connectivity index (χ4n) is 1.50. The number of Topliss-reactive ketones (excluding diaryl/α,β-unsaturated/α-hetero) is 1. The van der Waals surface area contributed by atoms with Gasteiger partial charge in [0.05, 0.1) is 0 Å². The highest BCUT2D eigenvalue weighted by atomic mass is 16.5. The summed E-state index contributed by atoms with van der Waals surface area (Å²) in [6.07, 6.45) is 4.73. The van der Waals surface area contributed by atoms with E-state index in [4.69, 9.17) is 4.74 Å². The van der Waals surface area contributed by atoms with Crippen molar-refractivity contribution >= 4 is 5.78 Å². The molecule has 1 aromatic rings. The SMILES string of the molecule is CCCC(OCC)C(=O)c1nccn1C. The molecular weight excluding hydrogens is 192 g/mol. The molecule has 84 valence electrons. The fourth-order valence-corrected chi connectivity index (χ4v) is 1.50. The van der Waals surface area contributed by atoms with E-state index in [1.54, 1.807) is 17.0 Å². The third kappa shape index (κ3) is 2.89. The Labute approximate surface area is 90.3 Å². The number of aromatic nitrogens is 2. The van der Waals surface area contributed by atoms with Crippen molar-refractivity contribution in [2.24, 2.45) is 7.05 Å². The summed E-state index contributed by atoms with van der Waals surface area (Å²) in [6.45, 7) is 4.49. The van der Waals surface area contributed by atoms with E-state index in [2.05, 4.69) is 4.98 Å². The first-order chi connectivity index (χ1) is 7.20. The Balaban J connectivity index is 2.76. The van der Waals surface area contributed by atoms with Crippen LogP contribution >= 0.6 is 0 Å². The molecule has 0 spiro atoms. The smallest absolute Gasteiger partial charge is 0.226 e. The van der Waals surface area contributed by atoms with E-state index in [1.165, 1.54) is 0 Å². The number of rotatable bonds is 6. The van der Waals surface area contributed by atoms with Crippen LogP contribution in [0.1, 0.15) is 37.3 Å². The molecule has 0 fully saturated rings. The Bertz CT molecular complexity index is 314. The Morgan fingerprint density at radius 1 is 1.60 bits per heavy atom. The Hall–Kier alpha value is -1.16. The van der Waals surface area contributed by atoms with E-state index in [0.717, 1.165) is 12.8 Å². The standard InChI is InChI=1S/C11H18N2O2/c1-4-6-9(15-5-2)10(14)11-12-7-8-13(11)3/h7-9H,4-6H2,1-3H3. The normalized spacial score (nSPS) is 12.7. The summed E-state index contributed by atoms with van der Waals surface area (Å²) in [6, 6.07) is 0. The molecule has 0 radical (unpaired) electrons. The molecule has 0 amide bonds. The topological polar surface area (TPSA) is 44.1 Å². The van der Waals surface area contributed by atoms with Gasteiger partial charge in [-0.2, -0.15) is 0 Å². The van der Waals surface area contributed by atoms with Crippen LogP contribution in [0.15, 0.2) is 12.4 Å². The molecule has 15 heavy (non-hydrogen) atoms. The number of carbonyl (C=O) groups excluding carboxylic acids is 1. The molecule has 4 nitrogen and oxygen atoms in total. The number of ether oxygens (including phenoxy) is 1. The van der Waals surface area contributed by atoms with Gasteiger partial charge < -0.3 is 9.30 Å². The number of aryl methyl sites for hydroxylation is 1. The summed E-state index contributed by atoms with van der Waals surface area (Å²) in [4.78, 5) is 16.0. The van der Waals surface area contributed by atoms with Crippen molar-refractivity contribution in [2.45, 2.75) is 32.8 Å². The Morgan fingerprint density at radius 2 is 2.33 bits per heavy atom. The maximum Gasteiger partial charge on any atom is 0.226 e. The van der Waals surface area contributed by atoms with E-state index >= 15 is 0 Å². The third-order valence-electron chi connectivity index (χ3n) is 2.25. The molecule has 0 N–H and O–H groups in total. The Kier molecular flexibility index (Phi) is 4.49. The number of nitrogens with zero attached hydrogens (tertiary/aromatic N) is 2. The second-order valence-corrected chi connectivity index (χ2v) is 3.46. The maximum atomic E-state index is 12.0. The molecule has 0 aliphatic heterocycles. The van der Waals surface area contributed by atoms with Gasteiger partial charge in [-0.3, -0.25) is 4.79 Å². The lowest BCUT2D eigenvalue weighted by molar-refractivity contribution is 0.0411. The fraction of sp³-hybridized carbons (Fsp3) is 0.636. The van der Waals surface area contributed by atoms with Crippen LogP contribution in [-0.2, 0) is 11.8 Å². The average molecular weight is 210 g/mol. The van der Waals surface area contributed by atoms with Gasteiger partial charge >= 0.3 is 0 Å². The summed E-state index contributed by atoms with van der Waals surface area (Å²) in [5, 5.41) is 0. The highest BCUT2D eigenvalue weighted by Gasteiger charge is 2.22. The molecule has 0 saturated carbocycles. The van der Waals surface area contributed by atoms with Crippen molar-refractivity contribution in [3.05, 3.63) is 18.2 Å². The van der Waals surface area contributed by atoms with Crippen molar-refractivity contribution in [2.75, 3.05) is 6.61 Å². The summed E-state index contributed by atoms with van der Waals surface area (Å²) in [5.74, 6) is 0.452. The minimum Gasteiger partial charge on any atom is -0.370 e. The summed E-state index contributed by atoms with van der Waals surface area (Å²) < 4.78 is 7.15. The zero-order chi connectivity index (χ0) is 11.3. The summed E-state index contributed by atoms with van der Waals surface area (Å²) >= 11 is 0. The van der Waals surface area contributed by atoms with Crippen molar-refractivity contribution < 1.29 is 9.53 Å². The first-order valence-electron chi connectivity index (χ1n) is 5.33. The molecule has 0 aliphatic rings. The van der Waals surface area contributed by atoms with E-state index in [1.807, 2.05) is 20.9 Å². The van der Waals surface area contributed by atoms with Gasteiger partial charge in [-0.25, -0.2) is 4.98 Å². The van der Waals surface area contributed by atoms with Crippen LogP contribution in [0.2, 0.25) is 0 Å². The molecule has 1 rings (SSSR count). The van der Waals surface area contributed by atoms with Crippen molar-refractivity contribution in [1.82, 2.24) is 9.55 Å². The van der Waals surface area contributed by atoms with Gasteiger partial charge in [0.25, 0.3) is 0 Å². The van der Waals surface area contributed by atoms with Gasteiger partial charge in [-0.1, -0.05) is 13.3 Å². The second kappa shape index (κ2) is 5.66. The average Bonchev–Trinajstić information content (AvgIpc) is 2.63. The van der Waals surface area contributed by atoms with Gasteiger partial charge in [0.15, 0.2) is 5.82 Å². The van der Waals surface area contributed by atoms with Gasteiger partial charge in [-0.05, 0) is 13.3 Å². The molecule has 0 aromatic carbocycles. The summed E-state index contributed by atoms with van der Waals surface area (Å²) in [7, 11) is 1.81. The lowest BCUT2D eigenvalue weighted by Gasteiger charge is -2.14. The van der Waals surface area contributed by atoms with E-state index < -0.39 is 0 Å². The molecule has 1 heterocycles. The van der Waals surface area contributed by atoms with E-state index in [9.17, 15) is 4.79 Å². The van der Waals surface area contributed by atoms with Gasteiger partial charge in [-0.15, -0.1) is 0 Å². The number of hydrogen-bond donors (Lipinski definition) is 0. The predicted octanol–water partition coefficient (Wildman–Crippen LogP) is 1.81. The molecular formula is C11H18N2O2. The lowest BCUT2D eigenvalue weighted by Crippen LogP contribution is -2.26. The molecule has 0 bridgehead atoms. The zero-order valence-electron chi connectivity index (χ0n) is 9.56. The quantitative estimate of drug-likeness (QED) is 0.672. The van der Waals surface area contributed by atoms with E-state index in [-0.39, 0.29) is 11.9 Å². The maximum absolute atomic E-state index is 12.0. The van der Waals surface area contributed by atoms with Crippen LogP contribution in [0.4, 0.5) is 0 Å². The lowest BCUT2D eigenvalue weighted by atomic mass is 10.1. The number of ketones is 1. The molecule has 0 saturated heterocycles. The molecule has 0 aliphatic carbocycles. The van der Waals surface area contributed by atoms with Gasteiger partial charge in [0.1, 0.15) is 6.10 Å². The molecule has 1 atom stereocenters. The third-order valence-corrected chi connectivity index (χ3v) is 2.25. The van der Waals surface area contributed by atoms with Crippen LogP contribution in [0.25, 0.3) is 0 Å². The highest BCUT2D eigenvalue weighted by Crippen LogP contribution is 2.09. The summed E-state index contributed by atoms with van der Waals surface area (Å²) in [5.41, 5.74) is 0. The monoisotopic (exact) mass is 210 g/mol. The highest BCUT2D eigenvalue weighted by molar-refractivity contribution is 5.96. The first kappa shape index (κ1) is 11.9. The van der Waals surface area contributed by atoms with Crippen LogP contribution in [-0.4, -0.2) is 28.0 Å².